The van der Waals surface area contributed by atoms with Crippen LogP contribution in [0.3, 0.4) is 0 Å². The van der Waals surface area contributed by atoms with E-state index in [9.17, 15) is 4.79 Å². The van der Waals surface area contributed by atoms with E-state index in [1.165, 1.54) is 0 Å². The first-order chi connectivity index (χ1) is 12.2. The number of aromatic nitrogens is 1. The largest absolute Gasteiger partial charge is 0.489 e. The Morgan fingerprint density at radius 1 is 1.36 bits per heavy atom. The second-order valence-corrected chi connectivity index (χ2v) is 6.11. The van der Waals surface area contributed by atoms with Crippen LogP contribution in [-0.2, 0) is 11.3 Å². The fourth-order valence-electron chi connectivity index (χ4n) is 2.75. The molecular formula is C19H23N3O3. The highest BCUT2D eigenvalue weighted by Gasteiger charge is 2.23. The first-order valence-electron chi connectivity index (χ1n) is 8.51. The summed E-state index contributed by atoms with van der Waals surface area (Å²) >= 11 is 0. The van der Waals surface area contributed by atoms with E-state index in [0.29, 0.717) is 12.3 Å². The molecule has 1 aromatic heterocycles. The van der Waals surface area contributed by atoms with Crippen molar-refractivity contribution < 1.29 is 14.3 Å². The highest BCUT2D eigenvalue weighted by molar-refractivity contribution is 5.89. The van der Waals surface area contributed by atoms with Crippen LogP contribution >= 0.6 is 0 Å². The van der Waals surface area contributed by atoms with Gasteiger partial charge >= 0.3 is 6.03 Å². The lowest BCUT2D eigenvalue weighted by Gasteiger charge is -2.20. The molecule has 1 aliphatic heterocycles. The van der Waals surface area contributed by atoms with Crippen molar-refractivity contribution in [3.05, 3.63) is 54.4 Å². The zero-order chi connectivity index (χ0) is 17.5. The fraction of sp³-hybridized carbons (Fsp3) is 0.368. The van der Waals surface area contributed by atoms with E-state index >= 15 is 0 Å². The molecular weight excluding hydrogens is 318 g/mol. The number of benzene rings is 1. The minimum Gasteiger partial charge on any atom is -0.489 e. The van der Waals surface area contributed by atoms with Crippen molar-refractivity contribution in [2.24, 2.45) is 0 Å². The molecule has 1 saturated heterocycles. The Bertz CT molecular complexity index is 670. The van der Waals surface area contributed by atoms with Crippen LogP contribution in [0.4, 0.5) is 10.5 Å². The Morgan fingerprint density at radius 3 is 2.88 bits per heavy atom. The second kappa shape index (κ2) is 8.48. The number of hydrogen-bond acceptors (Lipinski definition) is 4. The number of amides is 2. The SMILES string of the molecule is C[C@@H](NC(=O)Nc1ccc(OCc2cccnc2)cc1)[C@H]1CCCO1. The summed E-state index contributed by atoms with van der Waals surface area (Å²) in [5.74, 6) is 0.738. The second-order valence-electron chi connectivity index (χ2n) is 6.11. The third-order valence-electron chi connectivity index (χ3n) is 4.12. The van der Waals surface area contributed by atoms with E-state index in [2.05, 4.69) is 15.6 Å². The Hall–Kier alpha value is -2.60. The Morgan fingerprint density at radius 2 is 2.20 bits per heavy atom. The molecule has 2 heterocycles. The number of pyridine rings is 1. The Balaban J connectivity index is 1.46. The van der Waals surface area contributed by atoms with Crippen LogP contribution in [0.25, 0.3) is 0 Å². The molecule has 132 valence electrons. The molecule has 25 heavy (non-hydrogen) atoms. The number of hydrogen-bond donors (Lipinski definition) is 2. The van der Waals surface area contributed by atoms with E-state index in [0.717, 1.165) is 30.8 Å². The third kappa shape index (κ3) is 5.19. The van der Waals surface area contributed by atoms with Crippen molar-refractivity contribution in [3.8, 4) is 5.75 Å². The summed E-state index contributed by atoms with van der Waals surface area (Å²) in [5.41, 5.74) is 1.72. The van der Waals surface area contributed by atoms with Crippen LogP contribution in [0.15, 0.2) is 48.8 Å². The summed E-state index contributed by atoms with van der Waals surface area (Å²) in [4.78, 5) is 16.1. The van der Waals surface area contributed by atoms with Crippen molar-refractivity contribution in [1.29, 1.82) is 0 Å². The number of anilines is 1. The summed E-state index contributed by atoms with van der Waals surface area (Å²) in [6.07, 6.45) is 5.65. The lowest BCUT2D eigenvalue weighted by molar-refractivity contribution is 0.0868. The van der Waals surface area contributed by atoms with E-state index in [4.69, 9.17) is 9.47 Å². The van der Waals surface area contributed by atoms with Crippen LogP contribution in [-0.4, -0.2) is 29.8 Å². The van der Waals surface area contributed by atoms with Crippen LogP contribution in [0.1, 0.15) is 25.3 Å². The molecule has 1 aromatic carbocycles. The molecule has 6 nitrogen and oxygen atoms in total. The number of nitrogens with zero attached hydrogens (tertiary/aromatic N) is 1. The van der Waals surface area contributed by atoms with Gasteiger partial charge in [-0.05, 0) is 50.1 Å². The monoisotopic (exact) mass is 341 g/mol. The van der Waals surface area contributed by atoms with E-state index in [1.807, 2.05) is 43.3 Å². The van der Waals surface area contributed by atoms with Gasteiger partial charge in [-0.3, -0.25) is 4.98 Å². The zero-order valence-corrected chi connectivity index (χ0v) is 14.3. The molecule has 6 heteroatoms. The summed E-state index contributed by atoms with van der Waals surface area (Å²) in [5, 5.41) is 5.74. The number of carbonyl (C=O) groups excluding carboxylic acids is 1. The molecule has 3 rings (SSSR count). The summed E-state index contributed by atoms with van der Waals surface area (Å²) in [6, 6.07) is 10.9. The van der Waals surface area contributed by atoms with Crippen LogP contribution < -0.4 is 15.4 Å². The van der Waals surface area contributed by atoms with Gasteiger partial charge in [-0.2, -0.15) is 0 Å². The lowest BCUT2D eigenvalue weighted by atomic mass is 10.1. The predicted molar refractivity (Wildman–Crippen MR) is 95.6 cm³/mol. The molecule has 2 aromatic rings. The van der Waals surface area contributed by atoms with Gasteiger partial charge < -0.3 is 20.1 Å². The molecule has 0 radical (unpaired) electrons. The van der Waals surface area contributed by atoms with Gasteiger partial charge in [-0.1, -0.05) is 6.07 Å². The van der Waals surface area contributed by atoms with Crippen LogP contribution in [0.5, 0.6) is 5.75 Å². The first-order valence-corrected chi connectivity index (χ1v) is 8.51. The smallest absolute Gasteiger partial charge is 0.319 e. The normalized spacial score (nSPS) is 17.7. The average Bonchev–Trinajstić information content (AvgIpc) is 3.17. The quantitative estimate of drug-likeness (QED) is 0.845. The van der Waals surface area contributed by atoms with Crippen molar-refractivity contribution in [1.82, 2.24) is 10.3 Å². The van der Waals surface area contributed by atoms with Crippen molar-refractivity contribution >= 4 is 11.7 Å². The first kappa shape index (κ1) is 17.2. The topological polar surface area (TPSA) is 72.5 Å². The Labute approximate surface area is 147 Å². The van der Waals surface area contributed by atoms with Gasteiger partial charge in [0.25, 0.3) is 0 Å². The molecule has 2 N–H and O–H groups in total. The minimum atomic E-state index is -0.230. The molecule has 1 aliphatic rings. The number of ether oxygens (including phenoxy) is 2. The molecule has 2 atom stereocenters. The fourth-order valence-corrected chi connectivity index (χ4v) is 2.75. The summed E-state index contributed by atoms with van der Waals surface area (Å²) < 4.78 is 11.3. The van der Waals surface area contributed by atoms with E-state index < -0.39 is 0 Å². The highest BCUT2D eigenvalue weighted by Crippen LogP contribution is 2.18. The number of rotatable bonds is 6. The van der Waals surface area contributed by atoms with Gasteiger partial charge in [-0.15, -0.1) is 0 Å². The van der Waals surface area contributed by atoms with Crippen molar-refractivity contribution in [2.75, 3.05) is 11.9 Å². The molecule has 0 spiro atoms. The maximum Gasteiger partial charge on any atom is 0.319 e. The van der Waals surface area contributed by atoms with Crippen molar-refractivity contribution in [3.63, 3.8) is 0 Å². The van der Waals surface area contributed by atoms with Gasteiger partial charge in [0.05, 0.1) is 12.1 Å². The average molecular weight is 341 g/mol. The van der Waals surface area contributed by atoms with Gasteiger partial charge in [0, 0.05) is 30.3 Å². The van der Waals surface area contributed by atoms with Gasteiger partial charge in [0.2, 0.25) is 0 Å². The zero-order valence-electron chi connectivity index (χ0n) is 14.3. The standard InChI is InChI=1S/C19H23N3O3/c1-14(18-5-3-11-24-18)21-19(23)22-16-6-8-17(9-7-16)25-13-15-4-2-10-20-12-15/h2,4,6-10,12,14,18H,3,5,11,13H2,1H3,(H2,21,22,23)/t14-,18-/m1/s1. The molecule has 2 amide bonds. The molecule has 0 saturated carbocycles. The van der Waals surface area contributed by atoms with Gasteiger partial charge in [-0.25, -0.2) is 4.79 Å². The highest BCUT2D eigenvalue weighted by atomic mass is 16.5. The van der Waals surface area contributed by atoms with E-state index in [1.54, 1.807) is 12.4 Å². The number of carbonyl (C=O) groups is 1. The lowest BCUT2D eigenvalue weighted by Crippen LogP contribution is -2.42. The molecule has 0 aliphatic carbocycles. The van der Waals surface area contributed by atoms with Gasteiger partial charge in [0.1, 0.15) is 12.4 Å². The van der Waals surface area contributed by atoms with Gasteiger partial charge in [0.15, 0.2) is 0 Å². The Kier molecular flexibility index (Phi) is 5.85. The minimum absolute atomic E-state index is 0.00964. The van der Waals surface area contributed by atoms with Crippen LogP contribution in [0, 0.1) is 0 Å². The summed E-state index contributed by atoms with van der Waals surface area (Å²) in [6.45, 7) is 3.20. The molecule has 1 fully saturated rings. The van der Waals surface area contributed by atoms with E-state index in [-0.39, 0.29) is 18.2 Å². The van der Waals surface area contributed by atoms with Crippen molar-refractivity contribution in [2.45, 2.75) is 38.5 Å². The van der Waals surface area contributed by atoms with Crippen LogP contribution in [0.2, 0.25) is 0 Å². The number of nitrogens with one attached hydrogen (secondary N) is 2. The molecule has 0 unspecified atom stereocenters. The maximum atomic E-state index is 12.1. The number of urea groups is 1. The molecule has 0 bridgehead atoms. The summed E-state index contributed by atoms with van der Waals surface area (Å²) in [7, 11) is 0. The predicted octanol–water partition coefficient (Wildman–Crippen LogP) is 3.35. The third-order valence-corrected chi connectivity index (χ3v) is 4.12. The maximum absolute atomic E-state index is 12.1.